The number of hydrogen-bond acceptors (Lipinski definition) is 4. The van der Waals surface area contributed by atoms with Gasteiger partial charge in [-0.3, -0.25) is 4.98 Å². The maximum atomic E-state index is 8.99. The quantitative estimate of drug-likeness (QED) is 0.919. The molecule has 94 valence electrons. The van der Waals surface area contributed by atoms with Crippen LogP contribution >= 0.6 is 23.2 Å². The average Bonchev–Trinajstić information content (AvgIpc) is 2.29. The van der Waals surface area contributed by atoms with Crippen LogP contribution in [0.25, 0.3) is 11.0 Å². The molecule has 0 radical (unpaired) electrons. The number of aliphatic hydroxyl groups excluding tert-OH is 1. The molecule has 0 amide bonds. The summed E-state index contributed by atoms with van der Waals surface area (Å²) < 4.78 is 0. The third-order valence-electron chi connectivity index (χ3n) is 3.11. The van der Waals surface area contributed by atoms with Crippen molar-refractivity contribution in [3.05, 3.63) is 28.4 Å². The largest absolute Gasteiger partial charge is 0.396 e. The molecule has 2 heterocycles. The lowest BCUT2D eigenvalue weighted by Gasteiger charge is -2.38. The number of fused-ring (bicyclic) bond motifs is 1. The molecule has 0 unspecified atom stereocenters. The summed E-state index contributed by atoms with van der Waals surface area (Å²) in [6, 6.07) is 3.43. The van der Waals surface area contributed by atoms with Gasteiger partial charge in [0.2, 0.25) is 0 Å². The van der Waals surface area contributed by atoms with E-state index in [1.54, 1.807) is 18.3 Å². The summed E-state index contributed by atoms with van der Waals surface area (Å²) in [4.78, 5) is 10.9. The molecule has 6 heteroatoms. The summed E-state index contributed by atoms with van der Waals surface area (Å²) in [5.74, 6) is 1.15. The van der Waals surface area contributed by atoms with Gasteiger partial charge in [0.25, 0.3) is 0 Å². The fourth-order valence-corrected chi connectivity index (χ4v) is 2.34. The molecule has 18 heavy (non-hydrogen) atoms. The van der Waals surface area contributed by atoms with Gasteiger partial charge in [-0.15, -0.1) is 0 Å². The number of anilines is 1. The first kappa shape index (κ1) is 12.0. The number of aliphatic hydroxyl groups is 1. The second kappa shape index (κ2) is 4.53. The molecule has 1 aromatic heterocycles. The van der Waals surface area contributed by atoms with Gasteiger partial charge in [-0.05, 0) is 12.1 Å². The molecule has 1 aliphatic rings. The second-order valence-corrected chi connectivity index (χ2v) is 5.25. The van der Waals surface area contributed by atoms with Crippen molar-refractivity contribution in [2.75, 3.05) is 24.6 Å². The summed E-state index contributed by atoms with van der Waals surface area (Å²) in [6.45, 7) is 1.86. The van der Waals surface area contributed by atoms with Crippen LogP contribution in [0, 0.1) is 5.92 Å². The van der Waals surface area contributed by atoms with Crippen molar-refractivity contribution in [3.63, 3.8) is 0 Å². The molecule has 4 nitrogen and oxygen atoms in total. The highest BCUT2D eigenvalue weighted by Crippen LogP contribution is 2.28. The predicted molar refractivity (Wildman–Crippen MR) is 72.3 cm³/mol. The van der Waals surface area contributed by atoms with Crippen molar-refractivity contribution >= 4 is 40.1 Å². The average molecular weight is 284 g/mol. The lowest BCUT2D eigenvalue weighted by atomic mass is 10.0. The lowest BCUT2D eigenvalue weighted by Crippen LogP contribution is -2.48. The zero-order valence-corrected chi connectivity index (χ0v) is 11.0. The Kier molecular flexibility index (Phi) is 3.01. The number of aromatic nitrogens is 2. The Hall–Kier alpha value is -1.10. The maximum Gasteiger partial charge on any atom is 0.147 e. The van der Waals surface area contributed by atoms with Gasteiger partial charge in [0.05, 0.1) is 27.3 Å². The van der Waals surface area contributed by atoms with Crippen LogP contribution in [0.1, 0.15) is 0 Å². The van der Waals surface area contributed by atoms with Crippen LogP contribution in [0.4, 0.5) is 5.82 Å². The van der Waals surface area contributed by atoms with Gasteiger partial charge in [-0.1, -0.05) is 23.2 Å². The van der Waals surface area contributed by atoms with Crippen molar-refractivity contribution in [1.29, 1.82) is 0 Å². The molecule has 0 spiro atoms. The van der Waals surface area contributed by atoms with E-state index < -0.39 is 0 Å². The topological polar surface area (TPSA) is 49.2 Å². The number of rotatable bonds is 2. The van der Waals surface area contributed by atoms with Gasteiger partial charge in [0, 0.05) is 25.6 Å². The lowest BCUT2D eigenvalue weighted by molar-refractivity contribution is 0.200. The predicted octanol–water partition coefficient (Wildman–Crippen LogP) is 2.37. The van der Waals surface area contributed by atoms with E-state index in [1.807, 2.05) is 0 Å². The van der Waals surface area contributed by atoms with Crippen LogP contribution in [0.15, 0.2) is 18.3 Å². The van der Waals surface area contributed by atoms with Crippen LogP contribution in [0.2, 0.25) is 10.0 Å². The normalized spacial score (nSPS) is 16.1. The van der Waals surface area contributed by atoms with Crippen molar-refractivity contribution < 1.29 is 5.11 Å². The summed E-state index contributed by atoms with van der Waals surface area (Å²) >= 11 is 11.9. The fourth-order valence-electron chi connectivity index (χ4n) is 2.02. The van der Waals surface area contributed by atoms with Gasteiger partial charge in [-0.25, -0.2) is 4.98 Å². The molecular formula is C12H11Cl2N3O. The molecule has 0 saturated carbocycles. The molecule has 0 bridgehead atoms. The highest BCUT2D eigenvalue weighted by Gasteiger charge is 2.27. The highest BCUT2D eigenvalue weighted by atomic mass is 35.5. The van der Waals surface area contributed by atoms with Gasteiger partial charge in [0.1, 0.15) is 5.82 Å². The number of nitrogens with zero attached hydrogens (tertiary/aromatic N) is 3. The number of halogens is 2. The van der Waals surface area contributed by atoms with E-state index in [4.69, 9.17) is 28.3 Å². The Bertz CT molecular complexity index is 599. The monoisotopic (exact) mass is 283 g/mol. The summed E-state index contributed by atoms with van der Waals surface area (Å²) in [7, 11) is 0. The van der Waals surface area contributed by atoms with E-state index in [0.29, 0.717) is 16.0 Å². The molecule has 1 aromatic carbocycles. The molecule has 2 aromatic rings. The molecule has 0 aliphatic carbocycles. The van der Waals surface area contributed by atoms with Crippen LogP contribution in [0.5, 0.6) is 0 Å². The summed E-state index contributed by atoms with van der Waals surface area (Å²) in [5, 5.41) is 9.96. The van der Waals surface area contributed by atoms with E-state index in [9.17, 15) is 0 Å². The molecular weight excluding hydrogens is 273 g/mol. The molecule has 0 atom stereocenters. The Balaban J connectivity index is 1.94. The van der Waals surface area contributed by atoms with Crippen molar-refractivity contribution in [2.24, 2.45) is 5.92 Å². The first-order valence-corrected chi connectivity index (χ1v) is 6.40. The minimum atomic E-state index is 0.221. The van der Waals surface area contributed by atoms with E-state index >= 15 is 0 Å². The minimum Gasteiger partial charge on any atom is -0.396 e. The second-order valence-electron chi connectivity index (χ2n) is 4.44. The third kappa shape index (κ3) is 2.00. The molecule has 1 saturated heterocycles. The minimum absolute atomic E-state index is 0.221. The van der Waals surface area contributed by atoms with E-state index in [1.165, 1.54) is 0 Å². The Labute approximate surface area is 114 Å². The first-order chi connectivity index (χ1) is 8.67. The number of benzene rings is 1. The van der Waals surface area contributed by atoms with Crippen LogP contribution < -0.4 is 4.90 Å². The SMILES string of the molecule is OCC1CN(c2cnc3cc(Cl)c(Cl)cc3n2)C1. The van der Waals surface area contributed by atoms with Gasteiger partial charge in [-0.2, -0.15) is 0 Å². The van der Waals surface area contributed by atoms with E-state index in [0.717, 1.165) is 29.9 Å². The van der Waals surface area contributed by atoms with Crippen molar-refractivity contribution in [2.45, 2.75) is 0 Å². The van der Waals surface area contributed by atoms with Gasteiger partial charge < -0.3 is 10.0 Å². The van der Waals surface area contributed by atoms with Gasteiger partial charge >= 0.3 is 0 Å². The van der Waals surface area contributed by atoms with Crippen LogP contribution in [0.3, 0.4) is 0 Å². The van der Waals surface area contributed by atoms with Gasteiger partial charge in [0.15, 0.2) is 0 Å². The summed E-state index contributed by atoms with van der Waals surface area (Å²) in [6.07, 6.45) is 1.72. The standard InChI is InChI=1S/C12H11Cl2N3O/c13-8-1-10-11(2-9(8)14)16-12(3-15-10)17-4-7(5-17)6-18/h1-3,7,18H,4-6H2. The van der Waals surface area contributed by atoms with E-state index in [2.05, 4.69) is 14.9 Å². The zero-order valence-electron chi connectivity index (χ0n) is 9.48. The molecule has 3 rings (SSSR count). The van der Waals surface area contributed by atoms with Crippen LogP contribution in [-0.4, -0.2) is 34.8 Å². The fraction of sp³-hybridized carbons (Fsp3) is 0.333. The summed E-state index contributed by atoms with van der Waals surface area (Å²) in [5.41, 5.74) is 1.46. The third-order valence-corrected chi connectivity index (χ3v) is 3.83. The smallest absolute Gasteiger partial charge is 0.147 e. The van der Waals surface area contributed by atoms with Crippen LogP contribution in [-0.2, 0) is 0 Å². The van der Waals surface area contributed by atoms with E-state index in [-0.39, 0.29) is 6.61 Å². The maximum absolute atomic E-state index is 8.99. The molecule has 1 N–H and O–H groups in total. The zero-order chi connectivity index (χ0) is 12.7. The van der Waals surface area contributed by atoms with Crippen molar-refractivity contribution in [1.82, 2.24) is 9.97 Å². The first-order valence-electron chi connectivity index (χ1n) is 5.65. The van der Waals surface area contributed by atoms with Crippen molar-refractivity contribution in [3.8, 4) is 0 Å². The Morgan fingerprint density at radius 1 is 1.22 bits per heavy atom. The Morgan fingerprint density at radius 2 is 1.89 bits per heavy atom. The molecule has 1 aliphatic heterocycles. The highest BCUT2D eigenvalue weighted by molar-refractivity contribution is 6.42. The number of hydrogen-bond donors (Lipinski definition) is 1. The Morgan fingerprint density at radius 3 is 2.56 bits per heavy atom. The molecule has 1 fully saturated rings.